The summed E-state index contributed by atoms with van der Waals surface area (Å²) >= 11 is 0. The third-order valence-electron chi connectivity index (χ3n) is 1.61. The molecular weight excluding hydrogens is 248 g/mol. The third kappa shape index (κ3) is 4.51. The number of hydrogen-bond acceptors (Lipinski definition) is 5. The average Bonchev–Trinajstić information content (AvgIpc) is 2.25. The van der Waals surface area contributed by atoms with Gasteiger partial charge in [-0.25, -0.2) is 22.7 Å². The fraction of sp³-hybridized carbons (Fsp3) is 0.111. The Kier molecular flexibility index (Phi) is 4.05. The molecule has 17 heavy (non-hydrogen) atoms. The molecule has 2 amide bonds. The standard InChI is InChI=1S/C9H10N2O5S/c10-9(13)11-17(14,15)6-16-8(12)7-4-2-1-3-5-7/h1-5H,6H2,(H3,10,11,13). The van der Waals surface area contributed by atoms with Gasteiger partial charge in [0.05, 0.1) is 5.56 Å². The van der Waals surface area contributed by atoms with E-state index in [0.717, 1.165) is 0 Å². The molecule has 8 heteroatoms. The van der Waals surface area contributed by atoms with E-state index < -0.39 is 28.0 Å². The smallest absolute Gasteiger partial charge is 0.339 e. The van der Waals surface area contributed by atoms with Gasteiger partial charge in [0, 0.05) is 0 Å². The highest BCUT2D eigenvalue weighted by atomic mass is 32.2. The quantitative estimate of drug-likeness (QED) is 0.725. The molecule has 0 aliphatic carbocycles. The summed E-state index contributed by atoms with van der Waals surface area (Å²) in [7, 11) is -4.05. The predicted octanol–water partition coefficient (Wildman–Crippen LogP) is -0.201. The highest BCUT2D eigenvalue weighted by Gasteiger charge is 2.16. The molecule has 0 aromatic heterocycles. The van der Waals surface area contributed by atoms with Gasteiger partial charge >= 0.3 is 12.0 Å². The first-order valence-electron chi connectivity index (χ1n) is 4.43. The molecule has 0 atom stereocenters. The number of amides is 2. The van der Waals surface area contributed by atoms with Crippen LogP contribution in [0, 0.1) is 0 Å². The number of primary amides is 1. The lowest BCUT2D eigenvalue weighted by atomic mass is 10.2. The van der Waals surface area contributed by atoms with E-state index in [1.54, 1.807) is 18.2 Å². The molecule has 0 radical (unpaired) electrons. The van der Waals surface area contributed by atoms with Crippen LogP contribution in [-0.4, -0.2) is 26.4 Å². The number of rotatable bonds is 4. The Balaban J connectivity index is 2.58. The van der Waals surface area contributed by atoms with Gasteiger partial charge in [0.25, 0.3) is 10.0 Å². The zero-order valence-electron chi connectivity index (χ0n) is 8.62. The van der Waals surface area contributed by atoms with E-state index in [1.807, 2.05) is 0 Å². The van der Waals surface area contributed by atoms with Gasteiger partial charge in [-0.3, -0.25) is 0 Å². The molecule has 0 aliphatic rings. The van der Waals surface area contributed by atoms with Crippen molar-refractivity contribution in [2.24, 2.45) is 5.73 Å². The van der Waals surface area contributed by atoms with Gasteiger partial charge in [-0.05, 0) is 12.1 Å². The molecule has 1 aromatic carbocycles. The van der Waals surface area contributed by atoms with Gasteiger partial charge in [-0.1, -0.05) is 18.2 Å². The van der Waals surface area contributed by atoms with E-state index in [9.17, 15) is 18.0 Å². The van der Waals surface area contributed by atoms with E-state index in [1.165, 1.54) is 16.9 Å². The second-order valence-electron chi connectivity index (χ2n) is 3.00. The molecule has 0 unspecified atom stereocenters. The Morgan fingerprint density at radius 3 is 2.35 bits per heavy atom. The number of carbonyl (C=O) groups is 2. The van der Waals surface area contributed by atoms with Gasteiger partial charge < -0.3 is 10.5 Å². The molecule has 0 saturated carbocycles. The number of esters is 1. The lowest BCUT2D eigenvalue weighted by Crippen LogP contribution is -2.37. The highest BCUT2D eigenvalue weighted by Crippen LogP contribution is 2.01. The molecule has 3 N–H and O–H groups in total. The van der Waals surface area contributed by atoms with Crippen LogP contribution in [0.5, 0.6) is 0 Å². The number of nitrogens with two attached hydrogens (primary N) is 1. The van der Waals surface area contributed by atoms with Crippen molar-refractivity contribution in [3.8, 4) is 0 Å². The van der Waals surface area contributed by atoms with Crippen molar-refractivity contribution in [3.63, 3.8) is 0 Å². The lowest BCUT2D eigenvalue weighted by Gasteiger charge is -2.05. The summed E-state index contributed by atoms with van der Waals surface area (Å²) in [5, 5.41) is 0. The summed E-state index contributed by atoms with van der Waals surface area (Å²) < 4.78 is 28.1. The molecule has 0 aliphatic heterocycles. The van der Waals surface area contributed by atoms with Crippen molar-refractivity contribution in [2.75, 3.05) is 5.94 Å². The van der Waals surface area contributed by atoms with E-state index in [0.29, 0.717) is 0 Å². The van der Waals surface area contributed by atoms with Gasteiger partial charge in [-0.15, -0.1) is 0 Å². The average molecular weight is 258 g/mol. The normalized spacial score (nSPS) is 10.6. The molecule has 0 saturated heterocycles. The molecule has 0 heterocycles. The first kappa shape index (κ1) is 13.0. The molecule has 1 rings (SSSR count). The largest absolute Gasteiger partial charge is 0.444 e. The van der Waals surface area contributed by atoms with Crippen LogP contribution in [0.25, 0.3) is 0 Å². The summed E-state index contributed by atoms with van der Waals surface area (Å²) in [5.74, 6) is -1.77. The molecule has 0 bridgehead atoms. The highest BCUT2D eigenvalue weighted by molar-refractivity contribution is 7.89. The molecule has 0 fully saturated rings. The molecule has 1 aromatic rings. The minimum Gasteiger partial charge on any atom is -0.444 e. The maximum atomic E-state index is 11.3. The fourth-order valence-corrected chi connectivity index (χ4v) is 1.60. The van der Waals surface area contributed by atoms with Crippen LogP contribution in [0.2, 0.25) is 0 Å². The lowest BCUT2D eigenvalue weighted by molar-refractivity contribution is 0.0570. The van der Waals surface area contributed by atoms with Crippen molar-refractivity contribution in [1.82, 2.24) is 4.72 Å². The van der Waals surface area contributed by atoms with Gasteiger partial charge in [0.2, 0.25) is 5.94 Å². The van der Waals surface area contributed by atoms with Crippen molar-refractivity contribution >= 4 is 22.0 Å². The Morgan fingerprint density at radius 1 is 1.24 bits per heavy atom. The minimum atomic E-state index is -4.05. The Labute approximate surface area is 97.6 Å². The van der Waals surface area contributed by atoms with Gasteiger partial charge in [0.15, 0.2) is 0 Å². The van der Waals surface area contributed by atoms with Gasteiger partial charge in [0.1, 0.15) is 0 Å². The number of urea groups is 1. The first-order valence-corrected chi connectivity index (χ1v) is 6.08. The summed E-state index contributed by atoms with van der Waals surface area (Å²) in [6, 6.07) is 6.61. The number of nitrogens with one attached hydrogen (secondary N) is 1. The Hall–Kier alpha value is -2.09. The number of hydrogen-bond donors (Lipinski definition) is 2. The summed E-state index contributed by atoms with van der Waals surface area (Å²) in [4.78, 5) is 21.7. The molecule has 92 valence electrons. The predicted molar refractivity (Wildman–Crippen MR) is 58.4 cm³/mol. The monoisotopic (exact) mass is 258 g/mol. The number of sulfonamides is 1. The van der Waals surface area contributed by atoms with Crippen molar-refractivity contribution in [2.45, 2.75) is 0 Å². The van der Waals surface area contributed by atoms with Crippen LogP contribution in [0.15, 0.2) is 30.3 Å². The molecule has 7 nitrogen and oxygen atoms in total. The topological polar surface area (TPSA) is 116 Å². The first-order chi connectivity index (χ1) is 7.91. The van der Waals surface area contributed by atoms with E-state index >= 15 is 0 Å². The zero-order valence-corrected chi connectivity index (χ0v) is 9.44. The summed E-state index contributed by atoms with van der Waals surface area (Å²) in [6.45, 7) is 0. The minimum absolute atomic E-state index is 0.210. The number of ether oxygens (including phenoxy) is 1. The number of benzene rings is 1. The van der Waals surface area contributed by atoms with Crippen LogP contribution in [0.1, 0.15) is 10.4 Å². The van der Waals surface area contributed by atoms with Crippen molar-refractivity contribution in [1.29, 1.82) is 0 Å². The summed E-state index contributed by atoms with van der Waals surface area (Å²) in [6.07, 6.45) is 0. The molecule has 0 spiro atoms. The molecular formula is C9H10N2O5S. The second-order valence-corrected chi connectivity index (χ2v) is 4.67. The van der Waals surface area contributed by atoms with E-state index in [4.69, 9.17) is 0 Å². The van der Waals surface area contributed by atoms with Crippen LogP contribution in [0.3, 0.4) is 0 Å². The van der Waals surface area contributed by atoms with Crippen LogP contribution < -0.4 is 10.5 Å². The van der Waals surface area contributed by atoms with E-state index in [-0.39, 0.29) is 5.56 Å². The SMILES string of the molecule is NC(=O)NS(=O)(=O)COC(=O)c1ccccc1. The van der Waals surface area contributed by atoms with Crippen LogP contribution in [0.4, 0.5) is 4.79 Å². The second kappa shape index (κ2) is 5.30. The van der Waals surface area contributed by atoms with Gasteiger partial charge in [-0.2, -0.15) is 0 Å². The Morgan fingerprint density at radius 2 is 1.82 bits per heavy atom. The third-order valence-corrected chi connectivity index (χ3v) is 2.55. The maximum Gasteiger partial charge on any atom is 0.339 e. The maximum absolute atomic E-state index is 11.3. The van der Waals surface area contributed by atoms with Crippen molar-refractivity contribution < 1.29 is 22.7 Å². The zero-order chi connectivity index (χ0) is 12.9. The number of carbonyl (C=O) groups excluding carboxylic acids is 2. The summed E-state index contributed by atoms with van der Waals surface area (Å²) in [5.41, 5.74) is 4.84. The Bertz CT molecular complexity index is 511. The van der Waals surface area contributed by atoms with E-state index in [2.05, 4.69) is 10.5 Å². The van der Waals surface area contributed by atoms with Crippen LogP contribution in [-0.2, 0) is 14.8 Å². The van der Waals surface area contributed by atoms with Crippen LogP contribution >= 0.6 is 0 Å². The van der Waals surface area contributed by atoms with Crippen molar-refractivity contribution in [3.05, 3.63) is 35.9 Å². The fourth-order valence-electron chi connectivity index (χ4n) is 0.971.